The lowest BCUT2D eigenvalue weighted by molar-refractivity contribution is -0.143. The van der Waals surface area contributed by atoms with E-state index in [-0.39, 0.29) is 5.97 Å². The maximum atomic E-state index is 11.1. The van der Waals surface area contributed by atoms with Crippen molar-refractivity contribution in [1.29, 1.82) is 0 Å². The van der Waals surface area contributed by atoms with E-state index in [9.17, 15) is 4.79 Å². The van der Waals surface area contributed by atoms with Gasteiger partial charge in [0.2, 0.25) is 0 Å². The van der Waals surface area contributed by atoms with Crippen molar-refractivity contribution in [2.24, 2.45) is 0 Å². The molecule has 25 heavy (non-hydrogen) atoms. The highest BCUT2D eigenvalue weighted by molar-refractivity contribution is 5.69. The van der Waals surface area contributed by atoms with Crippen molar-refractivity contribution in [3.63, 3.8) is 0 Å². The second-order valence-electron chi connectivity index (χ2n) is 6.22. The zero-order valence-electron chi connectivity index (χ0n) is 16.6. The molecule has 0 aliphatic heterocycles. The van der Waals surface area contributed by atoms with Gasteiger partial charge in [-0.05, 0) is 19.8 Å². The first kappa shape index (κ1) is 24.4. The van der Waals surface area contributed by atoms with E-state index >= 15 is 0 Å². The minimum Gasteiger partial charge on any atom is -0.466 e. The molecule has 0 aromatic rings. The van der Waals surface area contributed by atoms with Gasteiger partial charge in [-0.2, -0.15) is 0 Å². The summed E-state index contributed by atoms with van der Waals surface area (Å²) in [5.74, 6) is -0.156. The molecule has 0 amide bonds. The number of carbonyl (C=O) groups excluding carboxylic acids is 1. The third kappa shape index (κ3) is 21.3. The summed E-state index contributed by atoms with van der Waals surface area (Å²) in [5, 5.41) is 0. The summed E-state index contributed by atoms with van der Waals surface area (Å²) in [4.78, 5) is 11.1. The minimum absolute atomic E-state index is 0.156. The average Bonchev–Trinajstić information content (AvgIpc) is 2.61. The molecule has 0 aliphatic rings. The Kier molecular flexibility index (Phi) is 20.8. The first-order valence-electron chi connectivity index (χ1n) is 10.2. The predicted octanol–water partition coefficient (Wildman–Crippen LogP) is 4.52. The number of hydrogen-bond donors (Lipinski definition) is 0. The molecule has 0 saturated heterocycles. The van der Waals surface area contributed by atoms with Crippen LogP contribution in [0.2, 0.25) is 0 Å². The number of ether oxygens (including phenoxy) is 4. The molecule has 5 heteroatoms. The number of carbonyl (C=O) groups is 1. The topological polar surface area (TPSA) is 54.0 Å². The lowest BCUT2D eigenvalue weighted by Crippen LogP contribution is -2.11. The molecule has 0 spiro atoms. The van der Waals surface area contributed by atoms with Crippen molar-refractivity contribution in [2.45, 2.75) is 78.1 Å². The third-order valence-electron chi connectivity index (χ3n) is 3.86. The summed E-state index contributed by atoms with van der Waals surface area (Å²) in [5.41, 5.74) is 0. The Morgan fingerprint density at radius 1 is 0.600 bits per heavy atom. The Balaban J connectivity index is 3.02. The second-order valence-corrected chi connectivity index (χ2v) is 6.22. The molecule has 0 fully saturated rings. The zero-order chi connectivity index (χ0) is 18.4. The van der Waals surface area contributed by atoms with Crippen LogP contribution >= 0.6 is 0 Å². The lowest BCUT2D eigenvalue weighted by atomic mass is 10.1. The SMILES string of the molecule is CCCCCCCCCCOCCOCCOCCCC(=O)OCC. The highest BCUT2D eigenvalue weighted by Gasteiger charge is 2.00. The van der Waals surface area contributed by atoms with Crippen LogP contribution in [-0.4, -0.2) is 52.2 Å². The first-order valence-corrected chi connectivity index (χ1v) is 10.2. The van der Waals surface area contributed by atoms with Gasteiger partial charge in [0.1, 0.15) is 0 Å². The molecule has 0 radical (unpaired) electrons. The second kappa shape index (κ2) is 21.4. The maximum absolute atomic E-state index is 11.1. The van der Waals surface area contributed by atoms with Crippen LogP contribution in [0, 0.1) is 0 Å². The van der Waals surface area contributed by atoms with E-state index in [0.717, 1.165) is 13.0 Å². The molecule has 0 N–H and O–H groups in total. The summed E-state index contributed by atoms with van der Waals surface area (Å²) < 4.78 is 21.2. The van der Waals surface area contributed by atoms with Crippen LogP contribution in [0.5, 0.6) is 0 Å². The molecular formula is C20H40O5. The van der Waals surface area contributed by atoms with Crippen LogP contribution in [0.15, 0.2) is 0 Å². The molecule has 0 aromatic carbocycles. The van der Waals surface area contributed by atoms with Crippen molar-refractivity contribution in [2.75, 3.05) is 46.2 Å². The summed E-state index contributed by atoms with van der Waals surface area (Å²) in [6, 6.07) is 0. The van der Waals surface area contributed by atoms with Gasteiger partial charge in [-0.25, -0.2) is 0 Å². The van der Waals surface area contributed by atoms with Crippen LogP contribution < -0.4 is 0 Å². The van der Waals surface area contributed by atoms with Gasteiger partial charge in [0.15, 0.2) is 0 Å². The number of esters is 1. The summed E-state index contributed by atoms with van der Waals surface area (Å²) in [6.45, 7) is 8.30. The van der Waals surface area contributed by atoms with Crippen molar-refractivity contribution in [3.05, 3.63) is 0 Å². The van der Waals surface area contributed by atoms with Crippen LogP contribution in [-0.2, 0) is 23.7 Å². The Bertz CT molecular complexity index is 271. The fourth-order valence-corrected chi connectivity index (χ4v) is 2.43. The fraction of sp³-hybridized carbons (Fsp3) is 0.950. The van der Waals surface area contributed by atoms with Gasteiger partial charge in [0.25, 0.3) is 0 Å². The number of rotatable bonds is 20. The van der Waals surface area contributed by atoms with E-state index in [1.54, 1.807) is 0 Å². The van der Waals surface area contributed by atoms with Crippen LogP contribution in [0.4, 0.5) is 0 Å². The summed E-state index contributed by atoms with van der Waals surface area (Å²) in [6.07, 6.45) is 11.7. The molecule has 0 aliphatic carbocycles. The molecule has 0 atom stereocenters. The largest absolute Gasteiger partial charge is 0.466 e. The molecule has 0 aromatic heterocycles. The summed E-state index contributed by atoms with van der Waals surface area (Å²) in [7, 11) is 0. The normalized spacial score (nSPS) is 11.0. The smallest absolute Gasteiger partial charge is 0.305 e. The van der Waals surface area contributed by atoms with Gasteiger partial charge in [0, 0.05) is 19.6 Å². The lowest BCUT2D eigenvalue weighted by Gasteiger charge is -2.07. The van der Waals surface area contributed by atoms with Gasteiger partial charge >= 0.3 is 5.97 Å². The van der Waals surface area contributed by atoms with E-state index in [2.05, 4.69) is 6.92 Å². The zero-order valence-corrected chi connectivity index (χ0v) is 16.6. The molecule has 5 nitrogen and oxygen atoms in total. The standard InChI is InChI=1S/C20H40O5/c1-3-5-6-7-8-9-10-11-14-22-16-18-24-19-17-23-15-12-13-20(21)25-4-2/h3-19H2,1-2H3. The van der Waals surface area contributed by atoms with Crippen LogP contribution in [0.1, 0.15) is 78.1 Å². The van der Waals surface area contributed by atoms with Crippen LogP contribution in [0.3, 0.4) is 0 Å². The van der Waals surface area contributed by atoms with E-state index in [0.29, 0.717) is 52.5 Å². The molecule has 0 rings (SSSR count). The van der Waals surface area contributed by atoms with Crippen molar-refractivity contribution >= 4 is 5.97 Å². The molecule has 0 bridgehead atoms. The fourth-order valence-electron chi connectivity index (χ4n) is 2.43. The van der Waals surface area contributed by atoms with Gasteiger partial charge in [-0.3, -0.25) is 4.79 Å². The molecule has 0 heterocycles. The monoisotopic (exact) mass is 360 g/mol. The van der Waals surface area contributed by atoms with Crippen molar-refractivity contribution in [3.8, 4) is 0 Å². The van der Waals surface area contributed by atoms with Crippen molar-refractivity contribution < 1.29 is 23.7 Å². The molecular weight excluding hydrogens is 320 g/mol. The van der Waals surface area contributed by atoms with Gasteiger partial charge < -0.3 is 18.9 Å². The van der Waals surface area contributed by atoms with Gasteiger partial charge in [-0.15, -0.1) is 0 Å². The Morgan fingerprint density at radius 2 is 1.08 bits per heavy atom. The third-order valence-corrected chi connectivity index (χ3v) is 3.86. The summed E-state index contributed by atoms with van der Waals surface area (Å²) >= 11 is 0. The van der Waals surface area contributed by atoms with E-state index < -0.39 is 0 Å². The van der Waals surface area contributed by atoms with E-state index in [1.807, 2.05) is 6.92 Å². The minimum atomic E-state index is -0.156. The highest BCUT2D eigenvalue weighted by Crippen LogP contribution is 2.08. The first-order chi connectivity index (χ1) is 12.3. The molecule has 150 valence electrons. The number of unbranched alkanes of at least 4 members (excludes halogenated alkanes) is 7. The van der Waals surface area contributed by atoms with Gasteiger partial charge in [-0.1, -0.05) is 51.9 Å². The number of hydrogen-bond acceptors (Lipinski definition) is 5. The van der Waals surface area contributed by atoms with Gasteiger partial charge in [0.05, 0.1) is 33.0 Å². The highest BCUT2D eigenvalue weighted by atomic mass is 16.5. The molecule has 0 saturated carbocycles. The predicted molar refractivity (Wildman–Crippen MR) is 101 cm³/mol. The Morgan fingerprint density at radius 3 is 1.64 bits per heavy atom. The van der Waals surface area contributed by atoms with Crippen LogP contribution in [0.25, 0.3) is 0 Å². The average molecular weight is 361 g/mol. The Labute approximate surface area is 154 Å². The van der Waals surface area contributed by atoms with E-state index in [4.69, 9.17) is 18.9 Å². The molecule has 0 unspecified atom stereocenters. The quantitative estimate of drug-likeness (QED) is 0.236. The Hall–Kier alpha value is -0.650. The van der Waals surface area contributed by atoms with Crippen molar-refractivity contribution in [1.82, 2.24) is 0 Å². The maximum Gasteiger partial charge on any atom is 0.305 e. The van der Waals surface area contributed by atoms with E-state index in [1.165, 1.54) is 44.9 Å².